The van der Waals surface area contributed by atoms with E-state index in [4.69, 9.17) is 21.1 Å². The number of rotatable bonds is 8. The number of hydrogen-bond donors (Lipinski definition) is 1. The van der Waals surface area contributed by atoms with Gasteiger partial charge in [-0.05, 0) is 36.4 Å². The molecule has 1 amide bonds. The molecule has 0 spiro atoms. The first-order valence-corrected chi connectivity index (χ1v) is 8.49. The van der Waals surface area contributed by atoms with Crippen molar-refractivity contribution in [3.05, 3.63) is 70.2 Å². The van der Waals surface area contributed by atoms with Crippen LogP contribution in [-0.2, 0) is 4.79 Å². The summed E-state index contributed by atoms with van der Waals surface area (Å²) >= 11 is 9.24. The van der Waals surface area contributed by atoms with Gasteiger partial charge in [-0.25, -0.2) is 5.43 Å². The van der Waals surface area contributed by atoms with Crippen LogP contribution in [0.3, 0.4) is 0 Å². The number of carbonyl (C=O) groups excluding carboxylic acids is 1. The first-order chi connectivity index (χ1) is 12.1. The van der Waals surface area contributed by atoms with Gasteiger partial charge >= 0.3 is 0 Å². The highest BCUT2D eigenvalue weighted by Gasteiger charge is 2.04. The van der Waals surface area contributed by atoms with Crippen LogP contribution in [0.1, 0.15) is 5.56 Å². The molecule has 0 saturated heterocycles. The molecule has 0 aromatic heterocycles. The lowest BCUT2D eigenvalue weighted by atomic mass is 10.2. The van der Waals surface area contributed by atoms with Gasteiger partial charge in [0, 0.05) is 15.1 Å². The normalized spacial score (nSPS) is 10.5. The molecule has 0 bridgehead atoms. The number of amides is 1. The summed E-state index contributed by atoms with van der Waals surface area (Å²) in [6, 6.07) is 12.3. The Morgan fingerprint density at radius 1 is 1.28 bits per heavy atom. The van der Waals surface area contributed by atoms with Gasteiger partial charge in [0.2, 0.25) is 0 Å². The fraction of sp³-hybridized carbons (Fsp3) is 0.111. The molecule has 0 atom stereocenters. The Balaban J connectivity index is 1.90. The maximum atomic E-state index is 11.8. The number of benzene rings is 2. The Morgan fingerprint density at radius 2 is 2.12 bits per heavy atom. The fourth-order valence-electron chi connectivity index (χ4n) is 1.81. The molecule has 5 nitrogen and oxygen atoms in total. The molecule has 0 saturated carbocycles. The maximum Gasteiger partial charge on any atom is 0.277 e. The van der Waals surface area contributed by atoms with Crippen molar-refractivity contribution in [1.29, 1.82) is 0 Å². The smallest absolute Gasteiger partial charge is 0.277 e. The number of nitrogens with zero attached hydrogens (tertiary/aromatic N) is 1. The van der Waals surface area contributed by atoms with Crippen molar-refractivity contribution in [2.75, 3.05) is 13.2 Å². The van der Waals surface area contributed by atoms with Gasteiger partial charge < -0.3 is 9.47 Å². The predicted molar refractivity (Wildman–Crippen MR) is 103 cm³/mol. The molecule has 0 aliphatic rings. The van der Waals surface area contributed by atoms with Gasteiger partial charge in [-0.3, -0.25) is 4.79 Å². The van der Waals surface area contributed by atoms with E-state index in [0.29, 0.717) is 28.7 Å². The van der Waals surface area contributed by atoms with E-state index >= 15 is 0 Å². The van der Waals surface area contributed by atoms with Crippen LogP contribution in [0.25, 0.3) is 0 Å². The Kier molecular flexibility index (Phi) is 7.50. The van der Waals surface area contributed by atoms with E-state index in [9.17, 15) is 4.79 Å². The van der Waals surface area contributed by atoms with Crippen molar-refractivity contribution in [3.8, 4) is 11.5 Å². The average Bonchev–Trinajstić information content (AvgIpc) is 2.59. The molecule has 25 heavy (non-hydrogen) atoms. The highest BCUT2D eigenvalue weighted by molar-refractivity contribution is 9.10. The summed E-state index contributed by atoms with van der Waals surface area (Å²) in [6.45, 7) is 3.82. The summed E-state index contributed by atoms with van der Waals surface area (Å²) in [5.74, 6) is 0.759. The van der Waals surface area contributed by atoms with Gasteiger partial charge in [0.15, 0.2) is 6.61 Å². The second-order valence-electron chi connectivity index (χ2n) is 4.82. The van der Waals surface area contributed by atoms with Gasteiger partial charge in [-0.15, -0.1) is 0 Å². The lowest BCUT2D eigenvalue weighted by Gasteiger charge is -2.07. The zero-order valence-electron chi connectivity index (χ0n) is 13.2. The number of carbonyl (C=O) groups is 1. The first kappa shape index (κ1) is 19.0. The zero-order chi connectivity index (χ0) is 18.1. The van der Waals surface area contributed by atoms with Crippen molar-refractivity contribution in [3.63, 3.8) is 0 Å². The summed E-state index contributed by atoms with van der Waals surface area (Å²) in [7, 11) is 0. The quantitative estimate of drug-likeness (QED) is 0.393. The van der Waals surface area contributed by atoms with Gasteiger partial charge in [0.25, 0.3) is 5.91 Å². The molecule has 7 heteroatoms. The van der Waals surface area contributed by atoms with E-state index < -0.39 is 0 Å². The minimum Gasteiger partial charge on any atom is -0.489 e. The molecule has 0 aliphatic carbocycles. The molecule has 0 unspecified atom stereocenters. The van der Waals surface area contributed by atoms with Crippen molar-refractivity contribution in [2.24, 2.45) is 5.10 Å². The molecule has 0 fully saturated rings. The van der Waals surface area contributed by atoms with E-state index in [1.54, 1.807) is 36.4 Å². The summed E-state index contributed by atoms with van der Waals surface area (Å²) in [5.41, 5.74) is 3.12. The van der Waals surface area contributed by atoms with Crippen molar-refractivity contribution < 1.29 is 14.3 Å². The third-order valence-electron chi connectivity index (χ3n) is 2.89. The minimum atomic E-state index is -0.389. The minimum absolute atomic E-state index is 0.171. The van der Waals surface area contributed by atoms with Gasteiger partial charge in [-0.2, -0.15) is 5.10 Å². The third kappa shape index (κ3) is 6.60. The maximum absolute atomic E-state index is 11.8. The average molecular weight is 424 g/mol. The van der Waals surface area contributed by atoms with E-state index in [1.165, 1.54) is 6.21 Å². The lowest BCUT2D eigenvalue weighted by Crippen LogP contribution is -2.24. The standard InChI is InChI=1S/C18H16BrClN2O3/c1-2-8-24-17-7-6-14(19)9-13(17)11-21-22-18(23)12-25-16-5-3-4-15(20)10-16/h2-7,9-11H,1,8,12H2,(H,22,23)/b21-11-. The predicted octanol–water partition coefficient (Wildman–Crippen LogP) is 4.20. The van der Waals surface area contributed by atoms with Crippen LogP contribution in [0.15, 0.2) is 64.7 Å². The Hall–Kier alpha value is -2.31. The van der Waals surface area contributed by atoms with Crippen molar-refractivity contribution in [2.45, 2.75) is 0 Å². The summed E-state index contributed by atoms with van der Waals surface area (Å²) in [4.78, 5) is 11.8. The summed E-state index contributed by atoms with van der Waals surface area (Å²) in [5, 5.41) is 4.46. The molecule has 2 rings (SSSR count). The van der Waals surface area contributed by atoms with Crippen LogP contribution < -0.4 is 14.9 Å². The molecule has 2 aromatic rings. The van der Waals surface area contributed by atoms with E-state index in [0.717, 1.165) is 4.47 Å². The monoisotopic (exact) mass is 422 g/mol. The lowest BCUT2D eigenvalue weighted by molar-refractivity contribution is -0.123. The largest absolute Gasteiger partial charge is 0.489 e. The molecule has 1 N–H and O–H groups in total. The summed E-state index contributed by atoms with van der Waals surface area (Å²) < 4.78 is 11.7. The highest BCUT2D eigenvalue weighted by Crippen LogP contribution is 2.21. The third-order valence-corrected chi connectivity index (χ3v) is 3.62. The van der Waals surface area contributed by atoms with Crippen molar-refractivity contribution in [1.82, 2.24) is 5.43 Å². The van der Waals surface area contributed by atoms with Crippen LogP contribution in [0.4, 0.5) is 0 Å². The molecule has 130 valence electrons. The highest BCUT2D eigenvalue weighted by atomic mass is 79.9. The fourth-order valence-corrected chi connectivity index (χ4v) is 2.37. The molecular formula is C18H16BrClN2O3. The van der Waals surface area contributed by atoms with E-state index in [-0.39, 0.29) is 12.5 Å². The van der Waals surface area contributed by atoms with Crippen LogP contribution in [0, 0.1) is 0 Å². The Morgan fingerprint density at radius 3 is 2.88 bits per heavy atom. The molecule has 0 radical (unpaired) electrons. The van der Waals surface area contributed by atoms with Crippen LogP contribution in [0.2, 0.25) is 5.02 Å². The number of nitrogens with one attached hydrogen (secondary N) is 1. The van der Waals surface area contributed by atoms with Gasteiger partial charge in [-0.1, -0.05) is 46.3 Å². The zero-order valence-corrected chi connectivity index (χ0v) is 15.6. The second kappa shape index (κ2) is 9.86. The first-order valence-electron chi connectivity index (χ1n) is 7.32. The number of halogens is 2. The Labute approximate surface area is 159 Å². The van der Waals surface area contributed by atoms with Crippen molar-refractivity contribution >= 4 is 39.7 Å². The Bertz CT molecular complexity index is 781. The molecule has 0 aliphatic heterocycles. The van der Waals surface area contributed by atoms with E-state index in [1.807, 2.05) is 12.1 Å². The van der Waals surface area contributed by atoms with Crippen LogP contribution in [0.5, 0.6) is 11.5 Å². The topological polar surface area (TPSA) is 59.9 Å². The number of hydrogen-bond acceptors (Lipinski definition) is 4. The second-order valence-corrected chi connectivity index (χ2v) is 6.17. The number of hydrazone groups is 1. The van der Waals surface area contributed by atoms with Gasteiger partial charge in [0.1, 0.15) is 18.1 Å². The summed E-state index contributed by atoms with van der Waals surface area (Å²) in [6.07, 6.45) is 3.15. The molecule has 0 heterocycles. The van der Waals surface area contributed by atoms with Gasteiger partial charge in [0.05, 0.1) is 6.21 Å². The SMILES string of the molecule is C=CCOc1ccc(Br)cc1/C=N\NC(=O)COc1cccc(Cl)c1. The molecular weight excluding hydrogens is 408 g/mol. The van der Waals surface area contributed by atoms with Crippen LogP contribution >= 0.6 is 27.5 Å². The molecule has 2 aromatic carbocycles. The number of ether oxygens (including phenoxy) is 2. The van der Waals surface area contributed by atoms with E-state index in [2.05, 4.69) is 33.0 Å². The van der Waals surface area contributed by atoms with Crippen LogP contribution in [-0.4, -0.2) is 25.3 Å².